The summed E-state index contributed by atoms with van der Waals surface area (Å²) in [5.41, 5.74) is 13.2. The lowest BCUT2D eigenvalue weighted by atomic mass is 10.0. The van der Waals surface area contributed by atoms with Gasteiger partial charge in [0.1, 0.15) is 0 Å². The van der Waals surface area contributed by atoms with Gasteiger partial charge in [-0.1, -0.05) is 0 Å². The van der Waals surface area contributed by atoms with Gasteiger partial charge in [-0.05, 0) is 119 Å². The second-order valence-electron chi connectivity index (χ2n) is 16.2. The van der Waals surface area contributed by atoms with Gasteiger partial charge in [0.15, 0.2) is 0 Å². The Kier molecular flexibility index (Phi) is 12.6. The van der Waals surface area contributed by atoms with Gasteiger partial charge in [0.05, 0.1) is 48.5 Å². The van der Waals surface area contributed by atoms with Gasteiger partial charge in [-0.3, -0.25) is 39.1 Å². The van der Waals surface area contributed by atoms with Crippen LogP contribution in [0, 0.1) is 0 Å². The molecule has 2 aliphatic rings. The van der Waals surface area contributed by atoms with Crippen molar-refractivity contribution < 1.29 is 39.6 Å². The summed E-state index contributed by atoms with van der Waals surface area (Å²) in [4.78, 5) is 82.3. The summed E-state index contributed by atoms with van der Waals surface area (Å²) >= 11 is 0. The van der Waals surface area contributed by atoms with E-state index in [1.54, 1.807) is 24.8 Å². The number of rotatable bonds is 16. The topological polar surface area (TPSA) is 258 Å². The number of carboxylic acid groups (broad SMARTS) is 4. The average molecular weight is 907 g/mol. The minimum atomic E-state index is -0.941. The van der Waals surface area contributed by atoms with Gasteiger partial charge in [0, 0.05) is 118 Å². The number of H-pyrrole nitrogens is 2. The molecule has 0 radical (unpaired) electrons. The van der Waals surface area contributed by atoms with E-state index in [-0.39, 0.29) is 51.4 Å². The molecule has 0 spiro atoms. The first-order valence-corrected chi connectivity index (χ1v) is 21.8. The molecule has 2 aliphatic heterocycles. The highest BCUT2D eigenvalue weighted by Gasteiger charge is 2.21. The average Bonchev–Trinajstić information content (AvgIpc) is 4.18. The smallest absolute Gasteiger partial charge is 0.303 e. The van der Waals surface area contributed by atoms with Crippen molar-refractivity contribution in [3.05, 3.63) is 143 Å². The molecule has 7 aromatic rings. The van der Waals surface area contributed by atoms with Crippen LogP contribution in [0.3, 0.4) is 0 Å². The number of nitrogens with one attached hydrogen (secondary N) is 2. The minimum absolute atomic E-state index is 0.104. The molecule has 0 aliphatic carbocycles. The molecule has 0 atom stereocenters. The van der Waals surface area contributed by atoms with Gasteiger partial charge < -0.3 is 30.4 Å². The van der Waals surface area contributed by atoms with Gasteiger partial charge >= 0.3 is 23.9 Å². The van der Waals surface area contributed by atoms with Crippen LogP contribution < -0.4 is 0 Å². The number of carbonyl (C=O) groups is 4. The normalized spacial score (nSPS) is 11.8. The monoisotopic (exact) mass is 906 g/mol. The molecule has 16 heteroatoms. The molecule has 68 heavy (non-hydrogen) atoms. The molecule has 9 rings (SSSR count). The van der Waals surface area contributed by atoms with E-state index >= 15 is 0 Å². The Morgan fingerprint density at radius 1 is 0.368 bits per heavy atom. The fraction of sp³-hybridized carbons (Fsp3) is 0.154. The molecule has 16 nitrogen and oxygen atoms in total. The van der Waals surface area contributed by atoms with Gasteiger partial charge in [-0.2, -0.15) is 0 Å². The Bertz CT molecular complexity index is 2970. The maximum atomic E-state index is 11.6. The molecule has 0 aromatic carbocycles. The summed E-state index contributed by atoms with van der Waals surface area (Å²) in [6.45, 7) is 0. The second-order valence-corrected chi connectivity index (χ2v) is 16.2. The van der Waals surface area contributed by atoms with Gasteiger partial charge in [-0.15, -0.1) is 0 Å². The second kappa shape index (κ2) is 19.3. The van der Waals surface area contributed by atoms with Crippen molar-refractivity contribution in [3.8, 4) is 44.5 Å². The zero-order valence-corrected chi connectivity index (χ0v) is 36.3. The Morgan fingerprint density at radius 3 is 0.824 bits per heavy atom. The van der Waals surface area contributed by atoms with E-state index in [9.17, 15) is 39.6 Å². The first-order valence-electron chi connectivity index (χ1n) is 21.8. The molecule has 0 amide bonds. The maximum absolute atomic E-state index is 11.6. The number of aryl methyl sites for hydroxylation is 4. The highest BCUT2D eigenvalue weighted by molar-refractivity contribution is 6.00. The predicted octanol–water partition coefficient (Wildman–Crippen LogP) is 8.97. The highest BCUT2D eigenvalue weighted by atomic mass is 16.4. The lowest BCUT2D eigenvalue weighted by Gasteiger charge is -2.09. The van der Waals surface area contributed by atoms with Crippen molar-refractivity contribution in [2.75, 3.05) is 0 Å². The van der Waals surface area contributed by atoms with Crippen molar-refractivity contribution >= 4 is 70.2 Å². The first-order chi connectivity index (χ1) is 32.9. The van der Waals surface area contributed by atoms with Gasteiger partial charge in [0.2, 0.25) is 0 Å². The maximum Gasteiger partial charge on any atom is 0.303 e. The van der Waals surface area contributed by atoms with Gasteiger partial charge in [0.25, 0.3) is 0 Å². The van der Waals surface area contributed by atoms with Crippen molar-refractivity contribution in [2.24, 2.45) is 0 Å². The van der Waals surface area contributed by atoms with Crippen LogP contribution in [0.1, 0.15) is 71.2 Å². The quantitative estimate of drug-likeness (QED) is 0.0529. The fourth-order valence-corrected chi connectivity index (χ4v) is 8.44. The van der Waals surface area contributed by atoms with Crippen LogP contribution in [0.2, 0.25) is 0 Å². The fourth-order valence-electron chi connectivity index (χ4n) is 8.44. The molecule has 0 saturated carbocycles. The standard InChI is InChI=1S/C52H42N8O8/c61-45(62)13-1-33-25-29(17-21-53-33)49-37-5-7-39(57-37)50(30-18-22-54-34(26-30)2-14-46(63)64)41-9-11-43(59-41)52(32-20-24-56-36(28-32)4-16-48(67)68)44-12-10-42(60-44)51(40-8-6-38(49)58-40)31-19-23-55-35(27-31)3-15-47(65)66/h5-12,17-28,57,60H,1-4,13-16H2,(H,61,62)(H,63,64)(H,65,66)(H,67,68). The largest absolute Gasteiger partial charge is 0.481 e. The number of hydrogen-bond acceptors (Lipinski definition) is 10. The van der Waals surface area contributed by atoms with Crippen molar-refractivity contribution in [3.63, 3.8) is 0 Å². The van der Waals surface area contributed by atoms with E-state index in [1.165, 1.54) is 0 Å². The third kappa shape index (κ3) is 9.84. The third-order valence-corrected chi connectivity index (χ3v) is 11.6. The minimum Gasteiger partial charge on any atom is -0.481 e. The third-order valence-electron chi connectivity index (χ3n) is 11.6. The molecule has 0 fully saturated rings. The highest BCUT2D eigenvalue weighted by Crippen LogP contribution is 2.39. The predicted molar refractivity (Wildman–Crippen MR) is 256 cm³/mol. The van der Waals surface area contributed by atoms with Crippen LogP contribution >= 0.6 is 0 Å². The Balaban J connectivity index is 1.39. The zero-order valence-electron chi connectivity index (χ0n) is 36.3. The van der Waals surface area contributed by atoms with E-state index in [0.29, 0.717) is 89.9 Å². The van der Waals surface area contributed by atoms with Crippen LogP contribution in [0.5, 0.6) is 0 Å². The van der Waals surface area contributed by atoms with Gasteiger partial charge in [-0.25, -0.2) is 9.97 Å². The summed E-state index contributed by atoms with van der Waals surface area (Å²) in [7, 11) is 0. The molecule has 6 N–H and O–H groups in total. The lowest BCUT2D eigenvalue weighted by Crippen LogP contribution is -2.00. The number of aliphatic carboxylic acids is 4. The summed E-state index contributed by atoms with van der Waals surface area (Å²) in [5, 5.41) is 38.0. The van der Waals surface area contributed by atoms with Crippen molar-refractivity contribution in [2.45, 2.75) is 51.4 Å². The number of aromatic amines is 2. The van der Waals surface area contributed by atoms with E-state index < -0.39 is 23.9 Å². The molecule has 0 saturated heterocycles. The Morgan fingerprint density at radius 2 is 0.603 bits per heavy atom. The molecule has 7 aromatic heterocycles. The van der Waals surface area contributed by atoms with Crippen LogP contribution in [0.15, 0.2) is 97.6 Å². The molecule has 8 bridgehead atoms. The Labute approximate surface area is 387 Å². The SMILES string of the molecule is O=C(O)CCc1cc(-c2c3nc(c(-c4ccnc(CCC(=O)O)c4)c4ccc([nH]4)c(-c4ccnc(CCC(=O)O)c4)c4nc(c(-c5ccnc(CCC(=O)O)c5)c5ccc2[nH]5)C=C4)C=C3)ccn1. The number of hydrogen-bond donors (Lipinski definition) is 6. The number of fused-ring (bicyclic) bond motifs is 8. The van der Waals surface area contributed by atoms with Crippen LogP contribution in [-0.4, -0.2) is 84.2 Å². The summed E-state index contributed by atoms with van der Waals surface area (Å²) < 4.78 is 0. The summed E-state index contributed by atoms with van der Waals surface area (Å²) in [6, 6.07) is 22.6. The van der Waals surface area contributed by atoms with E-state index in [4.69, 9.17) is 9.97 Å². The Hall–Kier alpha value is -8.92. The molecule has 0 unspecified atom stereocenters. The number of pyridine rings is 4. The van der Waals surface area contributed by atoms with Crippen LogP contribution in [0.25, 0.3) is 90.9 Å². The van der Waals surface area contributed by atoms with Crippen molar-refractivity contribution in [1.82, 2.24) is 39.9 Å². The summed E-state index contributed by atoms with van der Waals surface area (Å²) in [6.07, 6.45) is 14.7. The number of aromatic nitrogens is 8. The van der Waals surface area contributed by atoms with Crippen molar-refractivity contribution in [1.29, 1.82) is 0 Å². The van der Waals surface area contributed by atoms with Crippen LogP contribution in [-0.2, 0) is 44.9 Å². The molecular formula is C52H42N8O8. The van der Waals surface area contributed by atoms with E-state index in [0.717, 1.165) is 22.3 Å². The van der Waals surface area contributed by atoms with Crippen LogP contribution in [0.4, 0.5) is 0 Å². The summed E-state index contributed by atoms with van der Waals surface area (Å²) in [5.74, 6) is -3.76. The molecular weight excluding hydrogens is 865 g/mol. The zero-order chi connectivity index (χ0) is 47.3. The number of nitrogens with zero attached hydrogens (tertiary/aromatic N) is 6. The van der Waals surface area contributed by atoms with E-state index in [1.807, 2.05) is 97.1 Å². The van der Waals surface area contributed by atoms with E-state index in [2.05, 4.69) is 29.9 Å². The molecule has 338 valence electrons. The first kappa shape index (κ1) is 44.3. The lowest BCUT2D eigenvalue weighted by molar-refractivity contribution is -0.138. The molecule has 9 heterocycles. The number of carboxylic acids is 4.